The summed E-state index contributed by atoms with van der Waals surface area (Å²) in [5, 5.41) is 3.50. The fourth-order valence-electron chi connectivity index (χ4n) is 3.56. The van der Waals surface area contributed by atoms with Crippen LogP contribution in [0.1, 0.15) is 12.0 Å². The van der Waals surface area contributed by atoms with Crippen LogP contribution in [0.25, 0.3) is 0 Å². The summed E-state index contributed by atoms with van der Waals surface area (Å²) >= 11 is 5.93. The van der Waals surface area contributed by atoms with Crippen LogP contribution in [0.2, 0.25) is 5.02 Å². The molecule has 1 saturated heterocycles. The third kappa shape index (κ3) is 4.22. The molecule has 1 fully saturated rings. The van der Waals surface area contributed by atoms with Crippen molar-refractivity contribution >= 4 is 34.8 Å². The lowest BCUT2D eigenvalue weighted by Gasteiger charge is -2.35. The largest absolute Gasteiger partial charge is 0.494 e. The van der Waals surface area contributed by atoms with Gasteiger partial charge in [-0.1, -0.05) is 11.6 Å². The van der Waals surface area contributed by atoms with Crippen molar-refractivity contribution in [3.63, 3.8) is 0 Å². The van der Waals surface area contributed by atoms with Crippen molar-refractivity contribution in [2.24, 2.45) is 0 Å². The Morgan fingerprint density at radius 3 is 2.68 bits per heavy atom. The summed E-state index contributed by atoms with van der Waals surface area (Å²) in [4.78, 5) is 27.8. The number of nitrogens with one attached hydrogen (secondary N) is 1. The first-order chi connectivity index (χ1) is 13.6. The van der Waals surface area contributed by atoms with E-state index in [0.717, 1.165) is 35.7 Å². The number of carbonyl (C=O) groups is 2. The van der Waals surface area contributed by atoms with E-state index in [1.165, 1.54) is 0 Å². The van der Waals surface area contributed by atoms with E-state index in [-0.39, 0.29) is 11.8 Å². The number of anilines is 2. The number of amides is 2. The number of hydrogen-bond acceptors (Lipinski definition) is 4. The molecule has 0 aliphatic carbocycles. The minimum Gasteiger partial charge on any atom is -0.494 e. The van der Waals surface area contributed by atoms with Gasteiger partial charge >= 0.3 is 0 Å². The molecule has 0 spiro atoms. The molecule has 2 aromatic rings. The summed E-state index contributed by atoms with van der Waals surface area (Å²) in [6.07, 6.45) is 1.17. The smallest absolute Gasteiger partial charge is 0.242 e. The molecule has 28 heavy (non-hydrogen) atoms. The number of rotatable bonds is 6. The Kier molecular flexibility index (Phi) is 5.39. The molecule has 2 heterocycles. The van der Waals surface area contributed by atoms with Crippen molar-refractivity contribution in [2.45, 2.75) is 12.8 Å². The van der Waals surface area contributed by atoms with Crippen LogP contribution in [-0.2, 0) is 16.0 Å². The molecule has 0 atom stereocenters. The first kappa shape index (κ1) is 18.6. The van der Waals surface area contributed by atoms with Crippen LogP contribution in [-0.4, -0.2) is 49.5 Å². The molecular formula is C21H22ClN3O3. The minimum atomic E-state index is 0.0170. The summed E-state index contributed by atoms with van der Waals surface area (Å²) in [6, 6.07) is 13.2. The van der Waals surface area contributed by atoms with Crippen LogP contribution in [0.15, 0.2) is 42.5 Å². The van der Waals surface area contributed by atoms with Crippen LogP contribution in [0.3, 0.4) is 0 Å². The molecule has 6 nitrogen and oxygen atoms in total. The second-order valence-corrected chi connectivity index (χ2v) is 7.46. The predicted molar refractivity (Wildman–Crippen MR) is 109 cm³/mol. The van der Waals surface area contributed by atoms with Crippen molar-refractivity contribution in [1.82, 2.24) is 4.90 Å². The molecule has 2 aromatic carbocycles. The molecular weight excluding hydrogens is 378 g/mol. The van der Waals surface area contributed by atoms with Gasteiger partial charge in [0.2, 0.25) is 11.8 Å². The normalized spacial score (nSPS) is 16.2. The van der Waals surface area contributed by atoms with E-state index in [9.17, 15) is 9.59 Å². The summed E-state index contributed by atoms with van der Waals surface area (Å²) in [5.74, 6) is 0.904. The Labute approximate surface area is 169 Å². The molecule has 0 bridgehead atoms. The van der Waals surface area contributed by atoms with Crippen LogP contribution >= 0.6 is 11.6 Å². The zero-order valence-electron chi connectivity index (χ0n) is 15.5. The highest BCUT2D eigenvalue weighted by Crippen LogP contribution is 2.27. The lowest BCUT2D eigenvalue weighted by molar-refractivity contribution is -0.131. The molecule has 1 N–H and O–H groups in total. The van der Waals surface area contributed by atoms with Gasteiger partial charge < -0.3 is 19.9 Å². The quantitative estimate of drug-likeness (QED) is 0.758. The zero-order chi connectivity index (χ0) is 19.5. The van der Waals surface area contributed by atoms with Gasteiger partial charge in [-0.25, -0.2) is 0 Å². The van der Waals surface area contributed by atoms with Gasteiger partial charge in [0.1, 0.15) is 5.75 Å². The molecule has 0 saturated carbocycles. The maximum atomic E-state index is 12.4. The average molecular weight is 400 g/mol. The molecule has 4 rings (SSSR count). The molecule has 2 amide bonds. The van der Waals surface area contributed by atoms with Gasteiger partial charge in [-0.3, -0.25) is 9.59 Å². The Hall–Kier alpha value is -2.73. The first-order valence-electron chi connectivity index (χ1n) is 9.42. The summed E-state index contributed by atoms with van der Waals surface area (Å²) < 4.78 is 5.79. The van der Waals surface area contributed by atoms with Gasteiger partial charge in [0.15, 0.2) is 0 Å². The molecule has 0 aromatic heterocycles. The van der Waals surface area contributed by atoms with Crippen LogP contribution in [0.5, 0.6) is 5.75 Å². The second kappa shape index (κ2) is 8.10. The predicted octanol–water partition coefficient (Wildman–Crippen LogP) is 2.95. The van der Waals surface area contributed by atoms with Gasteiger partial charge in [-0.05, 0) is 54.4 Å². The minimum absolute atomic E-state index is 0.0170. The van der Waals surface area contributed by atoms with E-state index >= 15 is 0 Å². The van der Waals surface area contributed by atoms with Crippen molar-refractivity contribution in [3.05, 3.63) is 53.1 Å². The second-order valence-electron chi connectivity index (χ2n) is 7.02. The van der Waals surface area contributed by atoms with E-state index in [2.05, 4.69) is 10.2 Å². The van der Waals surface area contributed by atoms with Gasteiger partial charge in [0.05, 0.1) is 19.6 Å². The third-order valence-electron chi connectivity index (χ3n) is 5.05. The van der Waals surface area contributed by atoms with E-state index in [0.29, 0.717) is 37.7 Å². The molecule has 2 aliphatic heterocycles. The lowest BCUT2D eigenvalue weighted by atomic mass is 10.1. The Morgan fingerprint density at radius 2 is 1.89 bits per heavy atom. The van der Waals surface area contributed by atoms with Gasteiger partial charge in [-0.15, -0.1) is 0 Å². The number of ether oxygens (including phenoxy) is 1. The average Bonchev–Trinajstić information content (AvgIpc) is 3.06. The Bertz CT molecular complexity index is 885. The first-order valence-corrected chi connectivity index (χ1v) is 9.80. The highest BCUT2D eigenvalue weighted by atomic mass is 35.5. The van der Waals surface area contributed by atoms with Crippen molar-refractivity contribution < 1.29 is 14.3 Å². The molecule has 146 valence electrons. The van der Waals surface area contributed by atoms with Crippen molar-refractivity contribution in [3.8, 4) is 5.75 Å². The molecule has 0 radical (unpaired) electrons. The third-order valence-corrected chi connectivity index (χ3v) is 5.31. The highest BCUT2D eigenvalue weighted by Gasteiger charge is 2.23. The van der Waals surface area contributed by atoms with Crippen LogP contribution in [0.4, 0.5) is 11.4 Å². The van der Waals surface area contributed by atoms with E-state index in [4.69, 9.17) is 16.3 Å². The number of nitrogens with zero attached hydrogens (tertiary/aromatic N) is 2. The van der Waals surface area contributed by atoms with E-state index in [1.54, 1.807) is 0 Å². The van der Waals surface area contributed by atoms with E-state index < -0.39 is 0 Å². The topological polar surface area (TPSA) is 61.9 Å². The van der Waals surface area contributed by atoms with Crippen LogP contribution < -0.4 is 15.0 Å². The van der Waals surface area contributed by atoms with Crippen LogP contribution in [0, 0.1) is 0 Å². The van der Waals surface area contributed by atoms with Gasteiger partial charge in [-0.2, -0.15) is 0 Å². The summed E-state index contributed by atoms with van der Waals surface area (Å²) in [7, 11) is 0. The number of hydrogen-bond donors (Lipinski definition) is 1. The standard InChI is InChI=1S/C21H22ClN3O3/c22-16-2-4-17(5-3-16)25-10-9-24(21(27)14-25)8-1-11-28-18-6-7-19-15(12-18)13-20(26)23-19/h2-7,12H,1,8-11,13-14H2,(H,23,26). The number of carbonyl (C=O) groups excluding carboxylic acids is 2. The molecule has 2 aliphatic rings. The zero-order valence-corrected chi connectivity index (χ0v) is 16.2. The summed E-state index contributed by atoms with van der Waals surface area (Å²) in [5.41, 5.74) is 2.85. The van der Waals surface area contributed by atoms with Gasteiger partial charge in [0, 0.05) is 36.0 Å². The fraction of sp³-hybridized carbons (Fsp3) is 0.333. The summed E-state index contributed by atoms with van der Waals surface area (Å²) in [6.45, 7) is 3.10. The Morgan fingerprint density at radius 1 is 1.07 bits per heavy atom. The number of fused-ring (bicyclic) bond motifs is 1. The molecule has 0 unspecified atom stereocenters. The number of halogens is 1. The maximum absolute atomic E-state index is 12.4. The lowest BCUT2D eigenvalue weighted by Crippen LogP contribution is -2.50. The monoisotopic (exact) mass is 399 g/mol. The fourth-order valence-corrected chi connectivity index (χ4v) is 3.68. The number of piperazine rings is 1. The van der Waals surface area contributed by atoms with Crippen molar-refractivity contribution in [2.75, 3.05) is 43.0 Å². The van der Waals surface area contributed by atoms with Crippen molar-refractivity contribution in [1.29, 1.82) is 0 Å². The molecule has 7 heteroatoms. The Balaban J connectivity index is 1.22. The maximum Gasteiger partial charge on any atom is 0.242 e. The SMILES string of the molecule is O=C1Cc2cc(OCCCN3CCN(c4ccc(Cl)cc4)CC3=O)ccc2N1. The number of benzene rings is 2. The highest BCUT2D eigenvalue weighted by molar-refractivity contribution is 6.30. The van der Waals surface area contributed by atoms with E-state index in [1.807, 2.05) is 47.4 Å². The van der Waals surface area contributed by atoms with Gasteiger partial charge in [0.25, 0.3) is 0 Å².